The molecule has 0 aliphatic heterocycles. The van der Waals surface area contributed by atoms with E-state index in [0.717, 1.165) is 17.7 Å². The molecule has 144 valence electrons. The van der Waals surface area contributed by atoms with Gasteiger partial charge in [-0.15, -0.1) is 0 Å². The summed E-state index contributed by atoms with van der Waals surface area (Å²) in [7, 11) is -3.95. The van der Waals surface area contributed by atoms with Crippen LogP contribution < -0.4 is 10.0 Å². The van der Waals surface area contributed by atoms with Crippen LogP contribution in [0.4, 0.5) is 10.1 Å². The van der Waals surface area contributed by atoms with Crippen molar-refractivity contribution in [1.29, 1.82) is 0 Å². The van der Waals surface area contributed by atoms with Gasteiger partial charge in [0.15, 0.2) is 0 Å². The topological polar surface area (TPSA) is 75.3 Å². The number of benzene rings is 3. The van der Waals surface area contributed by atoms with E-state index in [9.17, 15) is 17.6 Å². The van der Waals surface area contributed by atoms with Crippen molar-refractivity contribution in [2.24, 2.45) is 0 Å². The Hall–Kier alpha value is -3.19. The Labute approximate surface area is 163 Å². The minimum Gasteiger partial charge on any atom is -0.352 e. The number of sulfonamides is 1. The van der Waals surface area contributed by atoms with Gasteiger partial charge in [0.2, 0.25) is 0 Å². The second kappa shape index (κ2) is 8.67. The fourth-order valence-electron chi connectivity index (χ4n) is 2.65. The first-order valence-corrected chi connectivity index (χ1v) is 10.1. The van der Waals surface area contributed by atoms with Crippen LogP contribution in [0.2, 0.25) is 0 Å². The Kier molecular flexibility index (Phi) is 6.06. The number of carbonyl (C=O) groups is 1. The second-order valence-electron chi connectivity index (χ2n) is 6.10. The lowest BCUT2D eigenvalue weighted by molar-refractivity contribution is 0.0955. The standard InChI is InChI=1S/C21H19FN2O3S/c22-17-10-12-18(13-11-17)28(26,27)24-20-9-5-4-8-19(20)21(25)23-15-14-16-6-2-1-3-7-16/h1-13,24H,14-15H2,(H,23,25). The number of nitrogens with one attached hydrogen (secondary N) is 2. The second-order valence-corrected chi connectivity index (χ2v) is 7.78. The van der Waals surface area contributed by atoms with Crippen molar-refractivity contribution < 1.29 is 17.6 Å². The van der Waals surface area contributed by atoms with Gasteiger partial charge in [-0.1, -0.05) is 42.5 Å². The lowest BCUT2D eigenvalue weighted by Crippen LogP contribution is -2.27. The van der Waals surface area contributed by atoms with E-state index in [1.165, 1.54) is 18.2 Å². The third-order valence-electron chi connectivity index (χ3n) is 4.08. The van der Waals surface area contributed by atoms with Crippen LogP contribution in [-0.4, -0.2) is 20.9 Å². The molecule has 0 saturated carbocycles. The van der Waals surface area contributed by atoms with Gasteiger partial charge < -0.3 is 5.32 Å². The number of anilines is 1. The number of hydrogen-bond donors (Lipinski definition) is 2. The van der Waals surface area contributed by atoms with Gasteiger partial charge in [-0.25, -0.2) is 12.8 Å². The van der Waals surface area contributed by atoms with Crippen LogP contribution in [0.15, 0.2) is 83.8 Å². The molecule has 0 unspecified atom stereocenters. The molecule has 0 heterocycles. The number of para-hydroxylation sites is 1. The van der Waals surface area contributed by atoms with Gasteiger partial charge in [0, 0.05) is 6.54 Å². The van der Waals surface area contributed by atoms with E-state index in [0.29, 0.717) is 13.0 Å². The molecule has 0 aliphatic rings. The summed E-state index contributed by atoms with van der Waals surface area (Å²) in [6.45, 7) is 0.419. The lowest BCUT2D eigenvalue weighted by Gasteiger charge is -2.13. The van der Waals surface area contributed by atoms with Crippen LogP contribution >= 0.6 is 0 Å². The number of halogens is 1. The molecule has 3 aromatic carbocycles. The van der Waals surface area contributed by atoms with Crippen molar-refractivity contribution in [2.45, 2.75) is 11.3 Å². The van der Waals surface area contributed by atoms with Crippen molar-refractivity contribution in [2.75, 3.05) is 11.3 Å². The monoisotopic (exact) mass is 398 g/mol. The molecule has 0 aromatic heterocycles. The number of carbonyl (C=O) groups excluding carboxylic acids is 1. The Bertz CT molecular complexity index is 1050. The predicted octanol–water partition coefficient (Wildman–Crippen LogP) is 3.60. The maximum absolute atomic E-state index is 13.0. The SMILES string of the molecule is O=C(NCCc1ccccc1)c1ccccc1NS(=O)(=O)c1ccc(F)cc1. The Balaban J connectivity index is 1.71. The highest BCUT2D eigenvalue weighted by atomic mass is 32.2. The number of hydrogen-bond acceptors (Lipinski definition) is 3. The molecular formula is C21H19FN2O3S. The zero-order chi connectivity index (χ0) is 20.0. The van der Waals surface area contributed by atoms with Crippen molar-refractivity contribution in [3.63, 3.8) is 0 Å². The minimum absolute atomic E-state index is 0.0896. The number of rotatable bonds is 7. The summed E-state index contributed by atoms with van der Waals surface area (Å²) in [6, 6.07) is 20.5. The molecule has 1 amide bonds. The highest BCUT2D eigenvalue weighted by Gasteiger charge is 2.18. The molecule has 28 heavy (non-hydrogen) atoms. The van der Waals surface area contributed by atoms with E-state index in [1.54, 1.807) is 18.2 Å². The molecule has 0 radical (unpaired) electrons. The molecule has 0 fully saturated rings. The van der Waals surface area contributed by atoms with E-state index < -0.39 is 15.8 Å². The zero-order valence-electron chi connectivity index (χ0n) is 14.9. The van der Waals surface area contributed by atoms with Gasteiger partial charge in [-0.2, -0.15) is 0 Å². The average Bonchev–Trinajstić information content (AvgIpc) is 2.69. The molecule has 0 spiro atoms. The van der Waals surface area contributed by atoms with Gasteiger partial charge in [-0.3, -0.25) is 9.52 Å². The zero-order valence-corrected chi connectivity index (χ0v) is 15.7. The molecule has 0 atom stereocenters. The van der Waals surface area contributed by atoms with Crippen molar-refractivity contribution in [1.82, 2.24) is 5.32 Å². The molecule has 0 bridgehead atoms. The first-order valence-electron chi connectivity index (χ1n) is 8.65. The molecule has 0 saturated heterocycles. The molecule has 5 nitrogen and oxygen atoms in total. The van der Waals surface area contributed by atoms with E-state index >= 15 is 0 Å². The van der Waals surface area contributed by atoms with Crippen molar-refractivity contribution in [3.05, 3.63) is 95.8 Å². The fraction of sp³-hybridized carbons (Fsp3) is 0.0952. The third-order valence-corrected chi connectivity index (χ3v) is 5.46. The molecule has 2 N–H and O–H groups in total. The Morgan fingerprint density at radius 3 is 2.21 bits per heavy atom. The Morgan fingerprint density at radius 2 is 1.50 bits per heavy atom. The van der Waals surface area contributed by atoms with Gasteiger partial charge in [0.05, 0.1) is 16.1 Å². The summed E-state index contributed by atoms with van der Waals surface area (Å²) in [5.41, 5.74) is 1.46. The predicted molar refractivity (Wildman–Crippen MR) is 106 cm³/mol. The summed E-state index contributed by atoms with van der Waals surface area (Å²) >= 11 is 0. The van der Waals surface area contributed by atoms with Crippen molar-refractivity contribution >= 4 is 21.6 Å². The highest BCUT2D eigenvalue weighted by Crippen LogP contribution is 2.20. The van der Waals surface area contributed by atoms with Crippen LogP contribution in [0, 0.1) is 5.82 Å². The highest BCUT2D eigenvalue weighted by molar-refractivity contribution is 7.92. The summed E-state index contributed by atoms with van der Waals surface area (Å²) < 4.78 is 40.5. The van der Waals surface area contributed by atoms with Crippen molar-refractivity contribution in [3.8, 4) is 0 Å². The quantitative estimate of drug-likeness (QED) is 0.639. The third kappa shape index (κ3) is 4.95. The van der Waals surface area contributed by atoms with Gasteiger partial charge >= 0.3 is 0 Å². The van der Waals surface area contributed by atoms with Crippen LogP contribution in [0.5, 0.6) is 0 Å². The van der Waals surface area contributed by atoms with E-state index in [4.69, 9.17) is 0 Å². The summed E-state index contributed by atoms with van der Waals surface area (Å²) in [5.74, 6) is -0.912. The largest absolute Gasteiger partial charge is 0.352 e. The molecule has 3 aromatic rings. The molecular weight excluding hydrogens is 379 g/mol. The maximum Gasteiger partial charge on any atom is 0.261 e. The van der Waals surface area contributed by atoms with E-state index in [1.807, 2.05) is 30.3 Å². The number of amides is 1. The van der Waals surface area contributed by atoms with Gasteiger partial charge in [0.1, 0.15) is 5.82 Å². The smallest absolute Gasteiger partial charge is 0.261 e. The first kappa shape index (κ1) is 19.6. The van der Waals surface area contributed by atoms with E-state index in [-0.39, 0.29) is 22.1 Å². The Morgan fingerprint density at radius 1 is 0.857 bits per heavy atom. The maximum atomic E-state index is 13.0. The summed E-state index contributed by atoms with van der Waals surface area (Å²) in [5, 5.41) is 2.80. The summed E-state index contributed by atoms with van der Waals surface area (Å²) in [6.07, 6.45) is 0.663. The van der Waals surface area contributed by atoms with Crippen LogP contribution in [-0.2, 0) is 16.4 Å². The fourth-order valence-corrected chi connectivity index (χ4v) is 3.73. The van der Waals surface area contributed by atoms with E-state index in [2.05, 4.69) is 10.0 Å². The summed E-state index contributed by atoms with van der Waals surface area (Å²) in [4.78, 5) is 12.4. The van der Waals surface area contributed by atoms with Crippen LogP contribution in [0.1, 0.15) is 15.9 Å². The average molecular weight is 398 g/mol. The van der Waals surface area contributed by atoms with Gasteiger partial charge in [-0.05, 0) is 48.4 Å². The normalized spacial score (nSPS) is 11.0. The molecule has 3 rings (SSSR count). The van der Waals surface area contributed by atoms with Gasteiger partial charge in [0.25, 0.3) is 15.9 Å². The lowest BCUT2D eigenvalue weighted by atomic mass is 10.1. The molecule has 7 heteroatoms. The van der Waals surface area contributed by atoms with Crippen LogP contribution in [0.25, 0.3) is 0 Å². The minimum atomic E-state index is -3.95. The van der Waals surface area contributed by atoms with Crippen LogP contribution in [0.3, 0.4) is 0 Å². The molecule has 0 aliphatic carbocycles. The first-order chi connectivity index (χ1) is 13.5.